The Labute approximate surface area is 91.1 Å². The summed E-state index contributed by atoms with van der Waals surface area (Å²) in [5.74, 6) is -2.34. The fraction of sp³-hybridized carbons (Fsp3) is 0.818. The van der Waals surface area contributed by atoms with Crippen LogP contribution >= 0.6 is 0 Å². The molecule has 0 bridgehead atoms. The minimum absolute atomic E-state index is 0.378. The molecule has 0 saturated heterocycles. The van der Waals surface area contributed by atoms with Crippen molar-refractivity contribution in [1.29, 1.82) is 0 Å². The largest absolute Gasteiger partial charge is 0.481 e. The molecule has 0 heterocycles. The summed E-state index contributed by atoms with van der Waals surface area (Å²) in [6, 6.07) is 0. The molecule has 1 unspecified atom stereocenters. The maximum absolute atomic E-state index is 11.6. The summed E-state index contributed by atoms with van der Waals surface area (Å²) in [5.41, 5.74) is -0.378. The monoisotopic (exact) mass is 215 g/mol. The third kappa shape index (κ3) is 6.10. The second-order valence-electron chi connectivity index (χ2n) is 4.77. The topological polar surface area (TPSA) is 66.4 Å². The van der Waals surface area contributed by atoms with E-state index in [4.69, 9.17) is 5.11 Å². The number of rotatable bonds is 5. The van der Waals surface area contributed by atoms with Gasteiger partial charge in [-0.3, -0.25) is 9.59 Å². The average molecular weight is 215 g/mol. The first-order valence-electron chi connectivity index (χ1n) is 5.32. The zero-order chi connectivity index (χ0) is 12.1. The number of aliphatic carboxylic acids is 1. The van der Waals surface area contributed by atoms with Crippen molar-refractivity contribution in [2.45, 2.75) is 52.5 Å². The van der Waals surface area contributed by atoms with Crippen molar-refractivity contribution in [3.05, 3.63) is 0 Å². The van der Waals surface area contributed by atoms with Crippen molar-refractivity contribution in [3.8, 4) is 0 Å². The van der Waals surface area contributed by atoms with Gasteiger partial charge in [0.15, 0.2) is 0 Å². The molecule has 0 aliphatic carbocycles. The van der Waals surface area contributed by atoms with Gasteiger partial charge < -0.3 is 10.4 Å². The Kier molecular flexibility index (Phi) is 5.33. The zero-order valence-corrected chi connectivity index (χ0v) is 9.96. The first-order valence-corrected chi connectivity index (χ1v) is 5.32. The van der Waals surface area contributed by atoms with Crippen LogP contribution in [-0.4, -0.2) is 22.5 Å². The van der Waals surface area contributed by atoms with Crippen molar-refractivity contribution in [1.82, 2.24) is 5.32 Å². The highest BCUT2D eigenvalue weighted by Gasteiger charge is 2.28. The Hall–Kier alpha value is -1.06. The molecule has 4 heteroatoms. The van der Waals surface area contributed by atoms with E-state index in [1.807, 2.05) is 27.7 Å². The molecule has 0 aromatic heterocycles. The molecule has 0 aliphatic heterocycles. The van der Waals surface area contributed by atoms with Gasteiger partial charge in [-0.15, -0.1) is 0 Å². The van der Waals surface area contributed by atoms with E-state index >= 15 is 0 Å². The van der Waals surface area contributed by atoms with Gasteiger partial charge in [0, 0.05) is 5.54 Å². The van der Waals surface area contributed by atoms with Gasteiger partial charge in [0.2, 0.25) is 5.91 Å². The van der Waals surface area contributed by atoms with Gasteiger partial charge in [-0.05, 0) is 27.2 Å². The zero-order valence-electron chi connectivity index (χ0n) is 9.96. The molecule has 0 fully saturated rings. The highest BCUT2D eigenvalue weighted by atomic mass is 16.4. The van der Waals surface area contributed by atoms with E-state index in [1.54, 1.807) is 0 Å². The number of carbonyl (C=O) groups excluding carboxylic acids is 1. The van der Waals surface area contributed by atoms with E-state index in [9.17, 15) is 9.59 Å². The lowest BCUT2D eigenvalue weighted by atomic mass is 9.99. The van der Waals surface area contributed by atoms with Crippen molar-refractivity contribution >= 4 is 11.9 Å². The van der Waals surface area contributed by atoms with Crippen LogP contribution in [-0.2, 0) is 9.59 Å². The molecule has 1 atom stereocenters. The van der Waals surface area contributed by atoms with Crippen molar-refractivity contribution < 1.29 is 14.7 Å². The summed E-state index contributed by atoms with van der Waals surface area (Å²) in [5, 5.41) is 11.6. The van der Waals surface area contributed by atoms with Crippen LogP contribution in [0.25, 0.3) is 0 Å². The van der Waals surface area contributed by atoms with Crippen LogP contribution in [0.2, 0.25) is 0 Å². The van der Waals surface area contributed by atoms with Crippen LogP contribution in [0.4, 0.5) is 0 Å². The third-order valence-corrected chi connectivity index (χ3v) is 1.96. The van der Waals surface area contributed by atoms with E-state index in [-0.39, 0.29) is 11.4 Å². The Morgan fingerprint density at radius 2 is 1.87 bits per heavy atom. The average Bonchev–Trinajstić information content (AvgIpc) is 2.00. The minimum Gasteiger partial charge on any atom is -0.481 e. The number of amides is 1. The van der Waals surface area contributed by atoms with Gasteiger partial charge in [0.05, 0.1) is 0 Å². The smallest absolute Gasteiger partial charge is 0.316 e. The van der Waals surface area contributed by atoms with Crippen LogP contribution in [0.3, 0.4) is 0 Å². The summed E-state index contributed by atoms with van der Waals surface area (Å²) in [4.78, 5) is 22.5. The van der Waals surface area contributed by atoms with E-state index < -0.39 is 11.9 Å². The molecule has 0 aromatic carbocycles. The minimum atomic E-state index is -1.04. The van der Waals surface area contributed by atoms with Crippen LogP contribution in [0.5, 0.6) is 0 Å². The standard InChI is InChI=1S/C11H21NO3/c1-5-6-7-8(10(14)15)9(13)12-11(2,3)4/h8H,5-7H2,1-4H3,(H,12,13)(H,14,15). The van der Waals surface area contributed by atoms with Crippen LogP contribution in [0.15, 0.2) is 0 Å². The van der Waals surface area contributed by atoms with Gasteiger partial charge in [-0.1, -0.05) is 19.8 Å². The Balaban J connectivity index is 4.36. The van der Waals surface area contributed by atoms with Gasteiger partial charge in [0.25, 0.3) is 0 Å². The molecule has 0 rings (SSSR count). The maximum atomic E-state index is 11.6. The fourth-order valence-electron chi connectivity index (χ4n) is 1.23. The molecule has 0 radical (unpaired) electrons. The number of carboxylic acid groups (broad SMARTS) is 1. The summed E-state index contributed by atoms with van der Waals surface area (Å²) in [6.07, 6.45) is 2.06. The number of hydrogen-bond acceptors (Lipinski definition) is 2. The molecule has 88 valence electrons. The first kappa shape index (κ1) is 13.9. The predicted molar refractivity (Wildman–Crippen MR) is 58.5 cm³/mol. The Bertz CT molecular complexity index is 230. The van der Waals surface area contributed by atoms with Crippen LogP contribution in [0, 0.1) is 5.92 Å². The fourth-order valence-corrected chi connectivity index (χ4v) is 1.23. The number of nitrogens with one attached hydrogen (secondary N) is 1. The highest BCUT2D eigenvalue weighted by molar-refractivity contribution is 5.97. The molecule has 1 amide bonds. The maximum Gasteiger partial charge on any atom is 0.316 e. The number of hydrogen-bond donors (Lipinski definition) is 2. The first-order chi connectivity index (χ1) is 6.78. The van der Waals surface area contributed by atoms with E-state index in [0.29, 0.717) is 6.42 Å². The Morgan fingerprint density at radius 3 is 2.20 bits per heavy atom. The van der Waals surface area contributed by atoms with Gasteiger partial charge in [-0.25, -0.2) is 0 Å². The van der Waals surface area contributed by atoms with E-state index in [1.165, 1.54) is 0 Å². The predicted octanol–water partition coefficient (Wildman–Crippen LogP) is 1.79. The van der Waals surface area contributed by atoms with Crippen molar-refractivity contribution in [2.24, 2.45) is 5.92 Å². The summed E-state index contributed by atoms with van der Waals surface area (Å²) in [6.45, 7) is 7.48. The van der Waals surface area contributed by atoms with E-state index in [2.05, 4.69) is 5.32 Å². The molecule has 15 heavy (non-hydrogen) atoms. The molecule has 0 aromatic rings. The van der Waals surface area contributed by atoms with E-state index in [0.717, 1.165) is 12.8 Å². The lowest BCUT2D eigenvalue weighted by Crippen LogP contribution is -2.45. The van der Waals surface area contributed by atoms with Gasteiger partial charge in [-0.2, -0.15) is 0 Å². The normalized spacial score (nSPS) is 13.3. The third-order valence-electron chi connectivity index (χ3n) is 1.96. The number of carboxylic acids is 1. The molecule has 0 spiro atoms. The summed E-state index contributed by atoms with van der Waals surface area (Å²) in [7, 11) is 0. The summed E-state index contributed by atoms with van der Waals surface area (Å²) >= 11 is 0. The Morgan fingerprint density at radius 1 is 1.33 bits per heavy atom. The summed E-state index contributed by atoms with van der Waals surface area (Å²) < 4.78 is 0. The number of unbranched alkanes of at least 4 members (excludes halogenated alkanes) is 1. The van der Waals surface area contributed by atoms with Gasteiger partial charge >= 0.3 is 5.97 Å². The number of carbonyl (C=O) groups is 2. The van der Waals surface area contributed by atoms with Crippen molar-refractivity contribution in [3.63, 3.8) is 0 Å². The SMILES string of the molecule is CCCCC(C(=O)O)C(=O)NC(C)(C)C. The molecular weight excluding hydrogens is 194 g/mol. The van der Waals surface area contributed by atoms with Gasteiger partial charge in [0.1, 0.15) is 5.92 Å². The van der Waals surface area contributed by atoms with Crippen LogP contribution in [0.1, 0.15) is 47.0 Å². The quantitative estimate of drug-likeness (QED) is 0.687. The second kappa shape index (κ2) is 5.73. The van der Waals surface area contributed by atoms with Crippen LogP contribution < -0.4 is 5.32 Å². The highest BCUT2D eigenvalue weighted by Crippen LogP contribution is 2.11. The molecule has 0 saturated carbocycles. The molecule has 2 N–H and O–H groups in total. The second-order valence-corrected chi connectivity index (χ2v) is 4.77. The molecule has 0 aliphatic rings. The lowest BCUT2D eigenvalue weighted by Gasteiger charge is -2.23. The molecule has 4 nitrogen and oxygen atoms in total. The van der Waals surface area contributed by atoms with Crippen molar-refractivity contribution in [2.75, 3.05) is 0 Å². The lowest BCUT2D eigenvalue weighted by molar-refractivity contribution is -0.147. The molecular formula is C11H21NO3.